The first-order valence-corrected chi connectivity index (χ1v) is 5.78. The number of hydrogen-bond donors (Lipinski definition) is 0. The van der Waals surface area contributed by atoms with Gasteiger partial charge >= 0.3 is 0 Å². The second kappa shape index (κ2) is 3.86. The maximum absolute atomic E-state index is 13.1. The summed E-state index contributed by atoms with van der Waals surface area (Å²) in [5.74, 6) is 0.398. The molecule has 2 aliphatic heterocycles. The van der Waals surface area contributed by atoms with Crippen molar-refractivity contribution in [3.8, 4) is 0 Å². The quantitative estimate of drug-likeness (QED) is 0.688. The SMILES string of the molecule is FC1=CN2Cc3c(Cl)cc(Cl)cc3N=C2C=C1. The average molecular weight is 269 g/mol. The molecule has 0 amide bonds. The zero-order chi connectivity index (χ0) is 12.0. The summed E-state index contributed by atoms with van der Waals surface area (Å²) in [7, 11) is 0. The van der Waals surface area contributed by atoms with Gasteiger partial charge in [0.15, 0.2) is 0 Å². The van der Waals surface area contributed by atoms with Gasteiger partial charge in [-0.15, -0.1) is 0 Å². The first kappa shape index (κ1) is 10.8. The Bertz CT molecular complexity index is 590. The Labute approximate surface area is 108 Å². The third-order valence-electron chi connectivity index (χ3n) is 2.67. The molecule has 2 nitrogen and oxygen atoms in total. The molecule has 5 heteroatoms. The third kappa shape index (κ3) is 1.85. The Kier molecular flexibility index (Phi) is 2.45. The second-order valence-corrected chi connectivity index (χ2v) is 4.67. The number of amidine groups is 1. The highest BCUT2D eigenvalue weighted by molar-refractivity contribution is 6.35. The van der Waals surface area contributed by atoms with Crippen molar-refractivity contribution in [2.24, 2.45) is 4.99 Å². The predicted octanol–water partition coefficient (Wildman–Crippen LogP) is 4.22. The normalized spacial score (nSPS) is 17.2. The van der Waals surface area contributed by atoms with Crippen molar-refractivity contribution in [3.63, 3.8) is 0 Å². The van der Waals surface area contributed by atoms with Crippen LogP contribution in [-0.4, -0.2) is 10.7 Å². The monoisotopic (exact) mass is 268 g/mol. The number of aliphatic imine (C=N–C) groups is 1. The summed E-state index contributed by atoms with van der Waals surface area (Å²) in [6.45, 7) is 0.502. The molecule has 0 radical (unpaired) electrons. The van der Waals surface area contributed by atoms with E-state index in [1.807, 2.05) is 0 Å². The number of rotatable bonds is 0. The topological polar surface area (TPSA) is 15.6 Å². The van der Waals surface area contributed by atoms with E-state index in [0.29, 0.717) is 22.4 Å². The predicted molar refractivity (Wildman–Crippen MR) is 67.4 cm³/mol. The molecule has 0 N–H and O–H groups in total. The minimum Gasteiger partial charge on any atom is -0.326 e. The van der Waals surface area contributed by atoms with Gasteiger partial charge in [-0.1, -0.05) is 23.2 Å². The van der Waals surface area contributed by atoms with Gasteiger partial charge in [-0.2, -0.15) is 0 Å². The highest BCUT2D eigenvalue weighted by Gasteiger charge is 2.21. The van der Waals surface area contributed by atoms with E-state index in [9.17, 15) is 4.39 Å². The van der Waals surface area contributed by atoms with Crippen LogP contribution in [0.25, 0.3) is 0 Å². The van der Waals surface area contributed by atoms with Crippen LogP contribution in [0, 0.1) is 0 Å². The largest absolute Gasteiger partial charge is 0.326 e. The summed E-state index contributed by atoms with van der Waals surface area (Å²) in [4.78, 5) is 6.12. The van der Waals surface area contributed by atoms with Crippen molar-refractivity contribution < 1.29 is 4.39 Å². The summed E-state index contributed by atoms with van der Waals surface area (Å²) >= 11 is 12.0. The summed E-state index contributed by atoms with van der Waals surface area (Å²) < 4.78 is 13.1. The van der Waals surface area contributed by atoms with Crippen LogP contribution in [0.3, 0.4) is 0 Å². The third-order valence-corrected chi connectivity index (χ3v) is 3.22. The first-order chi connectivity index (χ1) is 8.13. The minimum absolute atomic E-state index is 0.294. The molecule has 0 aromatic heterocycles. The number of hydrogen-bond acceptors (Lipinski definition) is 2. The molecule has 2 heterocycles. The van der Waals surface area contributed by atoms with E-state index in [-0.39, 0.29) is 5.83 Å². The van der Waals surface area contributed by atoms with Crippen LogP contribution < -0.4 is 0 Å². The highest BCUT2D eigenvalue weighted by atomic mass is 35.5. The Hall–Kier alpha value is -1.32. The molecule has 1 aromatic carbocycles. The molecule has 0 atom stereocenters. The Balaban J connectivity index is 2.14. The molecular weight excluding hydrogens is 262 g/mol. The van der Waals surface area contributed by atoms with E-state index in [4.69, 9.17) is 23.2 Å². The molecule has 86 valence electrons. The van der Waals surface area contributed by atoms with E-state index in [1.165, 1.54) is 12.3 Å². The van der Waals surface area contributed by atoms with Gasteiger partial charge in [0.2, 0.25) is 0 Å². The molecule has 0 bridgehead atoms. The molecule has 0 fully saturated rings. The lowest BCUT2D eigenvalue weighted by Crippen LogP contribution is -2.28. The van der Waals surface area contributed by atoms with E-state index < -0.39 is 0 Å². The van der Waals surface area contributed by atoms with E-state index in [1.54, 1.807) is 23.1 Å². The van der Waals surface area contributed by atoms with Gasteiger partial charge in [0.25, 0.3) is 0 Å². The number of fused-ring (bicyclic) bond motifs is 2. The average Bonchev–Trinajstić information content (AvgIpc) is 2.27. The van der Waals surface area contributed by atoms with Gasteiger partial charge in [0.1, 0.15) is 11.7 Å². The van der Waals surface area contributed by atoms with Gasteiger partial charge in [0.05, 0.1) is 12.2 Å². The van der Waals surface area contributed by atoms with Crippen LogP contribution in [0.2, 0.25) is 10.0 Å². The number of halogens is 3. The van der Waals surface area contributed by atoms with Gasteiger partial charge in [-0.25, -0.2) is 9.38 Å². The van der Waals surface area contributed by atoms with Gasteiger partial charge in [-0.3, -0.25) is 0 Å². The summed E-state index contributed by atoms with van der Waals surface area (Å²) in [5.41, 5.74) is 1.60. The first-order valence-electron chi connectivity index (χ1n) is 5.02. The summed E-state index contributed by atoms with van der Waals surface area (Å²) in [5, 5.41) is 1.10. The van der Waals surface area contributed by atoms with E-state index in [0.717, 1.165) is 11.3 Å². The van der Waals surface area contributed by atoms with Crippen molar-refractivity contribution in [3.05, 3.63) is 51.9 Å². The lowest BCUT2D eigenvalue weighted by atomic mass is 10.1. The molecule has 0 saturated heterocycles. The van der Waals surface area contributed by atoms with Crippen LogP contribution in [0.15, 0.2) is 41.3 Å². The maximum Gasteiger partial charge on any atom is 0.139 e. The lowest BCUT2D eigenvalue weighted by Gasteiger charge is -2.28. The number of nitrogens with zero attached hydrogens (tertiary/aromatic N) is 2. The molecule has 1 aromatic rings. The second-order valence-electron chi connectivity index (χ2n) is 3.83. The van der Waals surface area contributed by atoms with Crippen LogP contribution >= 0.6 is 23.2 Å². The fourth-order valence-corrected chi connectivity index (χ4v) is 2.42. The fraction of sp³-hybridized carbons (Fsp3) is 0.0833. The molecule has 0 saturated carbocycles. The van der Waals surface area contributed by atoms with Crippen molar-refractivity contribution in [2.75, 3.05) is 0 Å². The van der Waals surface area contributed by atoms with Crippen LogP contribution in [0.4, 0.5) is 10.1 Å². The maximum atomic E-state index is 13.1. The number of benzene rings is 1. The Morgan fingerprint density at radius 3 is 2.88 bits per heavy atom. The van der Waals surface area contributed by atoms with Gasteiger partial charge in [-0.05, 0) is 24.3 Å². The van der Waals surface area contributed by atoms with Gasteiger partial charge in [0, 0.05) is 21.8 Å². The van der Waals surface area contributed by atoms with Gasteiger partial charge < -0.3 is 4.90 Å². The highest BCUT2D eigenvalue weighted by Crippen LogP contribution is 2.36. The van der Waals surface area contributed by atoms with Crippen LogP contribution in [0.1, 0.15) is 5.56 Å². The summed E-state index contributed by atoms with van der Waals surface area (Å²) in [6.07, 6.45) is 4.42. The fourth-order valence-electron chi connectivity index (χ4n) is 1.88. The van der Waals surface area contributed by atoms with Crippen LogP contribution in [0.5, 0.6) is 0 Å². The molecular formula is C12H7Cl2FN2. The van der Waals surface area contributed by atoms with E-state index in [2.05, 4.69) is 4.99 Å². The van der Waals surface area contributed by atoms with Crippen molar-refractivity contribution >= 4 is 34.7 Å². The smallest absolute Gasteiger partial charge is 0.139 e. The standard InChI is InChI=1S/C12H7Cl2FN2/c13-7-3-10(14)9-6-17-5-8(15)1-2-12(17)16-11(9)4-7/h1-5H,6H2. The Morgan fingerprint density at radius 2 is 2.06 bits per heavy atom. The lowest BCUT2D eigenvalue weighted by molar-refractivity contribution is 0.513. The molecule has 17 heavy (non-hydrogen) atoms. The Morgan fingerprint density at radius 1 is 1.24 bits per heavy atom. The molecule has 0 aliphatic carbocycles. The zero-order valence-corrected chi connectivity index (χ0v) is 10.1. The van der Waals surface area contributed by atoms with Crippen molar-refractivity contribution in [2.45, 2.75) is 6.54 Å². The molecule has 2 aliphatic rings. The summed E-state index contributed by atoms with van der Waals surface area (Å²) in [6, 6.07) is 3.43. The van der Waals surface area contributed by atoms with Crippen molar-refractivity contribution in [1.29, 1.82) is 0 Å². The van der Waals surface area contributed by atoms with Crippen LogP contribution in [-0.2, 0) is 6.54 Å². The molecule has 0 unspecified atom stereocenters. The van der Waals surface area contributed by atoms with Crippen molar-refractivity contribution in [1.82, 2.24) is 4.90 Å². The minimum atomic E-state index is -0.294. The number of allylic oxidation sites excluding steroid dienone is 2. The molecule has 0 spiro atoms. The van der Waals surface area contributed by atoms with E-state index >= 15 is 0 Å². The zero-order valence-electron chi connectivity index (χ0n) is 8.62. The molecule has 3 rings (SSSR count).